The van der Waals surface area contributed by atoms with Crippen molar-refractivity contribution in [2.75, 3.05) is 11.9 Å². The molecular weight excluding hydrogens is 480 g/mol. The third-order valence-corrected chi connectivity index (χ3v) is 6.93. The lowest BCUT2D eigenvalue weighted by atomic mass is 10.1. The highest BCUT2D eigenvalue weighted by atomic mass is 79.9. The van der Waals surface area contributed by atoms with E-state index in [2.05, 4.69) is 32.9 Å². The number of rotatable bonds is 12. The van der Waals surface area contributed by atoms with Crippen LogP contribution in [0.25, 0.3) is 0 Å². The Balaban J connectivity index is 2.08. The molecule has 2 aromatic carbocycles. The maximum absolute atomic E-state index is 12.8. The standard InChI is InChI=1S/C23H31BrN2O4S/c1-4-6-7-8-15-30-22-14-9-18(24)16-21(22)23(27)25-19-10-12-20(13-11-19)31(28,29)26-17(3)5-2/h9-14,16-17,26H,4-8,15H2,1-3H3,(H,25,27). The monoisotopic (exact) mass is 510 g/mol. The lowest BCUT2D eigenvalue weighted by Crippen LogP contribution is -2.31. The number of anilines is 1. The molecule has 0 saturated heterocycles. The van der Waals surface area contributed by atoms with Crippen LogP contribution < -0.4 is 14.8 Å². The van der Waals surface area contributed by atoms with Gasteiger partial charge in [0, 0.05) is 16.2 Å². The van der Waals surface area contributed by atoms with E-state index in [0.717, 1.165) is 30.2 Å². The number of halogens is 1. The number of sulfonamides is 1. The summed E-state index contributed by atoms with van der Waals surface area (Å²) in [4.78, 5) is 13.0. The van der Waals surface area contributed by atoms with Gasteiger partial charge < -0.3 is 10.1 Å². The predicted octanol–water partition coefficient (Wildman–Crippen LogP) is 5.74. The van der Waals surface area contributed by atoms with Crippen LogP contribution in [0.15, 0.2) is 51.8 Å². The van der Waals surface area contributed by atoms with Crippen molar-refractivity contribution in [3.63, 3.8) is 0 Å². The first-order chi connectivity index (χ1) is 14.8. The summed E-state index contributed by atoms with van der Waals surface area (Å²) in [7, 11) is -3.59. The first kappa shape index (κ1) is 25.4. The molecule has 8 heteroatoms. The van der Waals surface area contributed by atoms with E-state index in [0.29, 0.717) is 30.0 Å². The summed E-state index contributed by atoms with van der Waals surface area (Å²) in [6.45, 7) is 6.43. The van der Waals surface area contributed by atoms with Gasteiger partial charge >= 0.3 is 0 Å². The summed E-state index contributed by atoms with van der Waals surface area (Å²) in [6, 6.07) is 11.3. The normalized spacial score (nSPS) is 12.4. The molecule has 0 aromatic heterocycles. The van der Waals surface area contributed by atoms with Gasteiger partial charge in [-0.2, -0.15) is 0 Å². The molecule has 0 radical (unpaired) electrons. The maximum atomic E-state index is 12.8. The summed E-state index contributed by atoms with van der Waals surface area (Å²) >= 11 is 3.40. The number of carbonyl (C=O) groups excluding carboxylic acids is 1. The molecule has 0 fully saturated rings. The van der Waals surface area contributed by atoms with E-state index >= 15 is 0 Å². The quantitative estimate of drug-likeness (QED) is 0.356. The number of hydrogen-bond donors (Lipinski definition) is 2. The van der Waals surface area contributed by atoms with Crippen molar-refractivity contribution in [2.24, 2.45) is 0 Å². The van der Waals surface area contributed by atoms with Crippen molar-refractivity contribution in [2.45, 2.75) is 63.8 Å². The molecule has 2 N–H and O–H groups in total. The van der Waals surface area contributed by atoms with E-state index in [1.807, 2.05) is 19.9 Å². The van der Waals surface area contributed by atoms with Gasteiger partial charge in [0.1, 0.15) is 5.75 Å². The Labute approximate surface area is 194 Å². The topological polar surface area (TPSA) is 84.5 Å². The fraction of sp³-hybridized carbons (Fsp3) is 0.435. The first-order valence-corrected chi connectivity index (χ1v) is 12.9. The van der Waals surface area contributed by atoms with Crippen molar-refractivity contribution in [1.29, 1.82) is 0 Å². The van der Waals surface area contributed by atoms with Crippen LogP contribution in [0.2, 0.25) is 0 Å². The summed E-state index contributed by atoms with van der Waals surface area (Å²) < 4.78 is 34.0. The van der Waals surface area contributed by atoms with E-state index in [1.54, 1.807) is 24.3 Å². The molecule has 0 aliphatic carbocycles. The molecule has 6 nitrogen and oxygen atoms in total. The average molecular weight is 511 g/mol. The van der Waals surface area contributed by atoms with Crippen LogP contribution in [0.5, 0.6) is 5.75 Å². The lowest BCUT2D eigenvalue weighted by molar-refractivity contribution is 0.102. The van der Waals surface area contributed by atoms with Crippen LogP contribution in [0.1, 0.15) is 63.2 Å². The molecule has 2 aromatic rings. The summed E-state index contributed by atoms with van der Waals surface area (Å²) in [5, 5.41) is 2.81. The number of hydrogen-bond acceptors (Lipinski definition) is 4. The van der Waals surface area contributed by atoms with Crippen molar-refractivity contribution < 1.29 is 17.9 Å². The van der Waals surface area contributed by atoms with Gasteiger partial charge in [0.2, 0.25) is 10.0 Å². The highest BCUT2D eigenvalue weighted by Gasteiger charge is 2.17. The Kier molecular flexibility index (Phi) is 9.99. The molecule has 0 bridgehead atoms. The molecular formula is C23H31BrN2O4S. The van der Waals surface area contributed by atoms with Crippen molar-refractivity contribution >= 4 is 37.5 Å². The van der Waals surface area contributed by atoms with Gasteiger partial charge in [-0.25, -0.2) is 13.1 Å². The zero-order valence-corrected chi connectivity index (χ0v) is 20.7. The van der Waals surface area contributed by atoms with Gasteiger partial charge in [-0.15, -0.1) is 0 Å². The van der Waals surface area contributed by atoms with Crippen LogP contribution in [0, 0.1) is 0 Å². The number of benzene rings is 2. The van der Waals surface area contributed by atoms with Crippen molar-refractivity contribution in [1.82, 2.24) is 4.72 Å². The Bertz CT molecular complexity index is 962. The van der Waals surface area contributed by atoms with Crippen LogP contribution in [-0.4, -0.2) is 27.0 Å². The lowest BCUT2D eigenvalue weighted by Gasteiger charge is -2.14. The Morgan fingerprint density at radius 2 is 1.77 bits per heavy atom. The number of unbranched alkanes of at least 4 members (excludes halogenated alkanes) is 3. The molecule has 0 heterocycles. The first-order valence-electron chi connectivity index (χ1n) is 10.6. The summed E-state index contributed by atoms with van der Waals surface area (Å²) in [5.41, 5.74) is 0.918. The number of amides is 1. The van der Waals surface area contributed by atoms with E-state index in [1.165, 1.54) is 12.1 Å². The van der Waals surface area contributed by atoms with Crippen LogP contribution in [0.3, 0.4) is 0 Å². The van der Waals surface area contributed by atoms with Gasteiger partial charge in [-0.1, -0.05) is 49.0 Å². The minimum Gasteiger partial charge on any atom is -0.493 e. The Hall–Kier alpha value is -1.90. The third kappa shape index (κ3) is 7.94. The molecule has 1 atom stereocenters. The summed E-state index contributed by atoms with van der Waals surface area (Å²) in [5.74, 6) is 0.201. The van der Waals surface area contributed by atoms with Crippen LogP contribution >= 0.6 is 15.9 Å². The molecule has 2 rings (SSSR count). The maximum Gasteiger partial charge on any atom is 0.259 e. The Morgan fingerprint density at radius 3 is 2.42 bits per heavy atom. The van der Waals surface area contributed by atoms with Crippen molar-refractivity contribution in [3.8, 4) is 5.75 Å². The highest BCUT2D eigenvalue weighted by molar-refractivity contribution is 9.10. The van der Waals surface area contributed by atoms with E-state index < -0.39 is 10.0 Å². The second-order valence-corrected chi connectivity index (χ2v) is 10.1. The second-order valence-electron chi connectivity index (χ2n) is 7.46. The number of carbonyl (C=O) groups is 1. The van der Waals surface area contributed by atoms with Gasteiger partial charge in [-0.3, -0.25) is 4.79 Å². The molecule has 1 unspecified atom stereocenters. The zero-order valence-electron chi connectivity index (χ0n) is 18.3. The van der Waals surface area contributed by atoms with Crippen molar-refractivity contribution in [3.05, 3.63) is 52.5 Å². The molecule has 170 valence electrons. The van der Waals surface area contributed by atoms with Gasteiger partial charge in [-0.05, 0) is 62.2 Å². The van der Waals surface area contributed by atoms with E-state index in [9.17, 15) is 13.2 Å². The van der Waals surface area contributed by atoms with E-state index in [4.69, 9.17) is 4.74 Å². The molecule has 0 aliphatic heterocycles. The molecule has 1 amide bonds. The van der Waals surface area contributed by atoms with Crippen LogP contribution in [-0.2, 0) is 10.0 Å². The minimum atomic E-state index is -3.59. The van der Waals surface area contributed by atoms with Gasteiger partial charge in [0.25, 0.3) is 5.91 Å². The fourth-order valence-corrected chi connectivity index (χ4v) is 4.54. The smallest absolute Gasteiger partial charge is 0.259 e. The third-order valence-electron chi connectivity index (χ3n) is 4.83. The fourth-order valence-electron chi connectivity index (χ4n) is 2.85. The number of nitrogens with one attached hydrogen (secondary N) is 2. The average Bonchev–Trinajstić information content (AvgIpc) is 2.74. The van der Waals surface area contributed by atoms with Gasteiger partial charge in [0.05, 0.1) is 17.1 Å². The minimum absolute atomic E-state index is 0.152. The van der Waals surface area contributed by atoms with E-state index in [-0.39, 0.29) is 16.8 Å². The largest absolute Gasteiger partial charge is 0.493 e. The highest BCUT2D eigenvalue weighted by Crippen LogP contribution is 2.25. The summed E-state index contributed by atoms with van der Waals surface area (Å²) in [6.07, 6.45) is 5.04. The Morgan fingerprint density at radius 1 is 1.06 bits per heavy atom. The van der Waals surface area contributed by atoms with Gasteiger partial charge in [0.15, 0.2) is 0 Å². The molecule has 0 aliphatic rings. The SMILES string of the molecule is CCCCCCOc1ccc(Br)cc1C(=O)Nc1ccc(S(=O)(=O)NC(C)CC)cc1. The number of ether oxygens (including phenoxy) is 1. The molecule has 0 saturated carbocycles. The molecule has 31 heavy (non-hydrogen) atoms. The zero-order chi connectivity index (χ0) is 22.9. The van der Waals surface area contributed by atoms with Crippen LogP contribution in [0.4, 0.5) is 5.69 Å². The second kappa shape index (κ2) is 12.2. The predicted molar refractivity (Wildman–Crippen MR) is 128 cm³/mol. The molecule has 0 spiro atoms.